The number of hydrogen-bond donors (Lipinski definition) is 2. The zero-order valence-electron chi connectivity index (χ0n) is 19.0. The van der Waals surface area contributed by atoms with Crippen LogP contribution >= 0.6 is 12.2 Å². The van der Waals surface area contributed by atoms with Crippen LogP contribution in [0.3, 0.4) is 0 Å². The predicted octanol–water partition coefficient (Wildman–Crippen LogP) is 5.79. The Hall–Kier alpha value is -4.43. The number of fused-ring (bicyclic) bond motifs is 2. The topological polar surface area (TPSA) is 85.6 Å². The molecule has 1 amide bonds. The van der Waals surface area contributed by atoms with Gasteiger partial charge in [0.15, 0.2) is 22.2 Å². The van der Waals surface area contributed by atoms with Crippen LogP contribution in [0.5, 0.6) is 11.5 Å². The molecular formula is C27H21N3O4S. The molecule has 0 atom stereocenters. The minimum atomic E-state index is -0.286. The molecule has 0 aliphatic rings. The number of hydrogen-bond acceptors (Lipinski definition) is 6. The van der Waals surface area contributed by atoms with E-state index >= 15 is 0 Å². The van der Waals surface area contributed by atoms with Crippen molar-refractivity contribution in [1.82, 2.24) is 10.3 Å². The minimum absolute atomic E-state index is 0.186. The summed E-state index contributed by atoms with van der Waals surface area (Å²) in [5.74, 6) is 1.37. The van der Waals surface area contributed by atoms with Crippen LogP contribution in [0.25, 0.3) is 33.3 Å². The molecule has 0 radical (unpaired) electrons. The summed E-state index contributed by atoms with van der Waals surface area (Å²) in [6.07, 6.45) is 0. The van der Waals surface area contributed by atoms with E-state index in [9.17, 15) is 4.79 Å². The molecule has 0 aliphatic heterocycles. The number of ether oxygens (including phenoxy) is 2. The van der Waals surface area contributed by atoms with Crippen LogP contribution in [0.1, 0.15) is 10.4 Å². The number of thiocarbonyl (C=S) groups is 1. The lowest BCUT2D eigenvalue weighted by molar-refractivity contribution is 0.0978. The van der Waals surface area contributed by atoms with Crippen LogP contribution in [0.4, 0.5) is 5.69 Å². The molecule has 2 N–H and O–H groups in total. The number of nitrogens with one attached hydrogen (secondary N) is 2. The molecule has 174 valence electrons. The van der Waals surface area contributed by atoms with Crippen molar-refractivity contribution in [2.45, 2.75) is 0 Å². The van der Waals surface area contributed by atoms with Crippen LogP contribution in [-0.4, -0.2) is 30.2 Å². The molecule has 0 spiro atoms. The van der Waals surface area contributed by atoms with Gasteiger partial charge in [-0.3, -0.25) is 10.1 Å². The summed E-state index contributed by atoms with van der Waals surface area (Å²) in [7, 11) is 3.16. The number of aromatic nitrogens is 1. The third kappa shape index (κ3) is 4.64. The van der Waals surface area contributed by atoms with E-state index in [1.165, 1.54) is 0 Å². The van der Waals surface area contributed by atoms with Gasteiger partial charge >= 0.3 is 0 Å². The number of rotatable bonds is 5. The third-order valence-electron chi connectivity index (χ3n) is 5.51. The highest BCUT2D eigenvalue weighted by molar-refractivity contribution is 7.80. The molecule has 7 nitrogen and oxygen atoms in total. The quantitative estimate of drug-likeness (QED) is 0.306. The van der Waals surface area contributed by atoms with Crippen LogP contribution in [0.15, 0.2) is 83.3 Å². The number of anilines is 1. The van der Waals surface area contributed by atoms with Crippen LogP contribution in [0, 0.1) is 0 Å². The second-order valence-corrected chi connectivity index (χ2v) is 8.15. The van der Waals surface area contributed by atoms with E-state index in [1.54, 1.807) is 50.6 Å². The van der Waals surface area contributed by atoms with Crippen molar-refractivity contribution < 1.29 is 18.7 Å². The molecular weight excluding hydrogens is 462 g/mol. The standard InChI is InChI=1S/C27H21N3O4S/c1-32-23-11-9-19(14-24(23)33-2)26-29-21-15-20(10-12-22(21)34-26)28-27(35)30-25(31)18-8-7-16-5-3-4-6-17(16)13-18/h3-15H,1-2H3,(H2,28,30,31,35). The molecule has 5 aromatic rings. The second kappa shape index (κ2) is 9.44. The van der Waals surface area contributed by atoms with E-state index in [4.69, 9.17) is 26.1 Å². The number of methoxy groups -OCH3 is 2. The molecule has 5 rings (SSSR count). The van der Waals surface area contributed by atoms with E-state index in [0.717, 1.165) is 16.3 Å². The number of carbonyl (C=O) groups excluding carboxylic acids is 1. The van der Waals surface area contributed by atoms with Crippen LogP contribution < -0.4 is 20.1 Å². The Kier molecular flexibility index (Phi) is 6.03. The fraction of sp³-hybridized carbons (Fsp3) is 0.0741. The highest BCUT2D eigenvalue weighted by Gasteiger charge is 2.13. The zero-order valence-corrected chi connectivity index (χ0v) is 19.8. The summed E-state index contributed by atoms with van der Waals surface area (Å²) in [5, 5.41) is 8.00. The molecule has 0 saturated carbocycles. The van der Waals surface area contributed by atoms with E-state index in [0.29, 0.717) is 39.7 Å². The Morgan fingerprint density at radius 1 is 0.886 bits per heavy atom. The second-order valence-electron chi connectivity index (χ2n) is 7.74. The van der Waals surface area contributed by atoms with Crippen LogP contribution in [0.2, 0.25) is 0 Å². The van der Waals surface area contributed by atoms with Crippen molar-refractivity contribution in [2.24, 2.45) is 0 Å². The maximum Gasteiger partial charge on any atom is 0.257 e. The Morgan fingerprint density at radius 3 is 2.49 bits per heavy atom. The summed E-state index contributed by atoms with van der Waals surface area (Å²) in [6.45, 7) is 0. The smallest absolute Gasteiger partial charge is 0.257 e. The van der Waals surface area contributed by atoms with E-state index in [1.807, 2.05) is 42.5 Å². The van der Waals surface area contributed by atoms with Gasteiger partial charge in [0, 0.05) is 16.8 Å². The van der Waals surface area contributed by atoms with Gasteiger partial charge in [0.05, 0.1) is 14.2 Å². The van der Waals surface area contributed by atoms with E-state index in [-0.39, 0.29) is 11.0 Å². The van der Waals surface area contributed by atoms with Gasteiger partial charge in [0.1, 0.15) is 5.52 Å². The van der Waals surface area contributed by atoms with E-state index in [2.05, 4.69) is 15.6 Å². The highest BCUT2D eigenvalue weighted by Crippen LogP contribution is 2.33. The summed E-state index contributed by atoms with van der Waals surface area (Å²) in [4.78, 5) is 17.3. The first-order valence-electron chi connectivity index (χ1n) is 10.8. The summed E-state index contributed by atoms with van der Waals surface area (Å²) >= 11 is 5.35. The Bertz CT molecular complexity index is 1580. The van der Waals surface area contributed by atoms with Gasteiger partial charge in [-0.25, -0.2) is 4.98 Å². The molecule has 1 aromatic heterocycles. The molecule has 1 heterocycles. The lowest BCUT2D eigenvalue weighted by Crippen LogP contribution is -2.34. The fourth-order valence-corrected chi connectivity index (χ4v) is 3.98. The van der Waals surface area contributed by atoms with Gasteiger partial charge in [-0.2, -0.15) is 0 Å². The van der Waals surface area contributed by atoms with E-state index < -0.39 is 0 Å². The average molecular weight is 484 g/mol. The first-order valence-corrected chi connectivity index (χ1v) is 11.2. The number of benzene rings is 4. The number of carbonyl (C=O) groups is 1. The summed E-state index contributed by atoms with van der Waals surface area (Å²) in [6, 6.07) is 24.2. The van der Waals surface area contributed by atoms with Gasteiger partial charge in [-0.1, -0.05) is 30.3 Å². The molecule has 0 saturated heterocycles. The average Bonchev–Trinajstić information content (AvgIpc) is 3.31. The van der Waals surface area contributed by atoms with Crippen molar-refractivity contribution >= 4 is 50.8 Å². The van der Waals surface area contributed by atoms with Crippen molar-refractivity contribution in [3.63, 3.8) is 0 Å². The normalized spacial score (nSPS) is 10.8. The summed E-state index contributed by atoms with van der Waals surface area (Å²) < 4.78 is 16.6. The molecule has 8 heteroatoms. The maximum atomic E-state index is 12.7. The molecule has 0 aliphatic carbocycles. The largest absolute Gasteiger partial charge is 0.493 e. The van der Waals surface area contributed by atoms with Crippen molar-refractivity contribution in [2.75, 3.05) is 19.5 Å². The van der Waals surface area contributed by atoms with Crippen molar-refractivity contribution in [3.8, 4) is 23.0 Å². The van der Waals surface area contributed by atoms with Gasteiger partial charge in [0.25, 0.3) is 5.91 Å². The molecule has 0 unspecified atom stereocenters. The molecule has 0 fully saturated rings. The van der Waals surface area contributed by atoms with Gasteiger partial charge in [0.2, 0.25) is 5.89 Å². The van der Waals surface area contributed by atoms with Crippen molar-refractivity contribution in [1.29, 1.82) is 0 Å². The highest BCUT2D eigenvalue weighted by atomic mass is 32.1. The number of oxazole rings is 1. The monoisotopic (exact) mass is 483 g/mol. The Labute approximate surface area is 206 Å². The third-order valence-corrected chi connectivity index (χ3v) is 5.72. The Morgan fingerprint density at radius 2 is 1.69 bits per heavy atom. The molecule has 35 heavy (non-hydrogen) atoms. The lowest BCUT2D eigenvalue weighted by Gasteiger charge is -2.10. The lowest BCUT2D eigenvalue weighted by atomic mass is 10.1. The Balaban J connectivity index is 1.31. The summed E-state index contributed by atoms with van der Waals surface area (Å²) in [5.41, 5.74) is 3.22. The van der Waals surface area contributed by atoms with Crippen LogP contribution in [-0.2, 0) is 0 Å². The number of nitrogens with zero attached hydrogens (tertiary/aromatic N) is 1. The van der Waals surface area contributed by atoms with Crippen molar-refractivity contribution in [3.05, 3.63) is 84.4 Å². The van der Waals surface area contributed by atoms with Gasteiger partial charge < -0.3 is 19.2 Å². The molecule has 4 aromatic carbocycles. The first kappa shape index (κ1) is 22.4. The minimum Gasteiger partial charge on any atom is -0.493 e. The first-order chi connectivity index (χ1) is 17.0. The van der Waals surface area contributed by atoms with Gasteiger partial charge in [-0.15, -0.1) is 0 Å². The van der Waals surface area contributed by atoms with Gasteiger partial charge in [-0.05, 0) is 71.5 Å². The number of amides is 1. The molecule has 0 bridgehead atoms. The SMILES string of the molecule is COc1ccc(-c2nc3cc(NC(=S)NC(=O)c4ccc5ccccc5c4)ccc3o2)cc1OC. The zero-order chi connectivity index (χ0) is 24.4. The fourth-order valence-electron chi connectivity index (χ4n) is 3.77. The maximum absolute atomic E-state index is 12.7. The predicted molar refractivity (Wildman–Crippen MR) is 140 cm³/mol.